The van der Waals surface area contributed by atoms with Gasteiger partial charge in [0, 0.05) is 6.42 Å². The van der Waals surface area contributed by atoms with Crippen molar-refractivity contribution in [1.82, 2.24) is 5.32 Å². The Bertz CT molecular complexity index is 1620. The fourth-order valence-electron chi connectivity index (χ4n) is 10.2. The van der Waals surface area contributed by atoms with Crippen molar-refractivity contribution in [1.29, 1.82) is 0 Å². The smallest absolute Gasteiger partial charge is 0.220 e. The highest BCUT2D eigenvalue weighted by Crippen LogP contribution is 2.30. The molecule has 464 valence electrons. The number of hydrogen-bond acceptors (Lipinski definition) is 13. The molecule has 2 fully saturated rings. The Balaban J connectivity index is 1.74. The van der Waals surface area contributed by atoms with Crippen LogP contribution in [-0.2, 0) is 23.7 Å². The first-order valence-corrected chi connectivity index (χ1v) is 32.2. The predicted octanol–water partition coefficient (Wildman–Crippen LogP) is 11.9. The van der Waals surface area contributed by atoms with Crippen LogP contribution in [0.1, 0.15) is 245 Å². The van der Waals surface area contributed by atoms with E-state index in [9.17, 15) is 45.6 Å². The summed E-state index contributed by atoms with van der Waals surface area (Å²) in [5, 5.41) is 87.2. The molecular formula is C66H117NO13. The van der Waals surface area contributed by atoms with Crippen molar-refractivity contribution < 1.29 is 64.6 Å². The molecule has 12 atom stereocenters. The molecule has 2 aliphatic rings. The third kappa shape index (κ3) is 35.5. The molecule has 1 amide bonds. The van der Waals surface area contributed by atoms with E-state index in [2.05, 4.69) is 79.9 Å². The average Bonchev–Trinajstić information content (AvgIpc) is 3.49. The van der Waals surface area contributed by atoms with Crippen LogP contribution in [0.5, 0.6) is 0 Å². The molecule has 12 unspecified atom stereocenters. The van der Waals surface area contributed by atoms with Gasteiger partial charge in [-0.25, -0.2) is 0 Å². The van der Waals surface area contributed by atoms with Crippen molar-refractivity contribution >= 4 is 5.91 Å². The molecule has 0 aliphatic carbocycles. The van der Waals surface area contributed by atoms with Crippen molar-refractivity contribution in [3.05, 3.63) is 72.9 Å². The lowest BCUT2D eigenvalue weighted by Gasteiger charge is -2.46. The molecule has 0 aromatic carbocycles. The highest BCUT2D eigenvalue weighted by atomic mass is 16.7. The standard InChI is InChI=1S/C66H117NO13/c1-3-5-7-9-11-13-15-17-19-21-23-25-26-27-28-30-32-34-36-38-40-42-44-46-48-50-58(71)67-54(55(70)49-47-45-43-41-39-37-35-33-31-29-24-22-20-18-16-14-12-10-8-6-4-2)53-77-65-63(76)61(74)64(57(52-69)79-65)80-66-62(75)60(73)59(72)56(51-68)78-66/h5,7,11,13,17,19,23,25,39,41,47,49,54-57,59-66,68-70,72-76H,3-4,6,8-10,12,14-16,18,20-22,24,26-38,40,42-46,48,50-53H2,1-2H3,(H,67,71)/b7-5-,13-11-,19-17-,25-23-,41-39+,49-47+. The zero-order valence-electron chi connectivity index (χ0n) is 50.1. The van der Waals surface area contributed by atoms with Gasteiger partial charge < -0.3 is 65.1 Å². The first-order chi connectivity index (χ1) is 39.1. The molecule has 2 saturated heterocycles. The van der Waals surface area contributed by atoms with E-state index in [4.69, 9.17) is 18.9 Å². The van der Waals surface area contributed by atoms with Crippen LogP contribution in [0.4, 0.5) is 0 Å². The van der Waals surface area contributed by atoms with Crippen LogP contribution in [0.3, 0.4) is 0 Å². The van der Waals surface area contributed by atoms with Crippen molar-refractivity contribution in [2.24, 2.45) is 0 Å². The van der Waals surface area contributed by atoms with Crippen molar-refractivity contribution in [3.63, 3.8) is 0 Å². The molecule has 2 rings (SSSR count). The Morgan fingerprint density at radius 3 is 1.38 bits per heavy atom. The summed E-state index contributed by atoms with van der Waals surface area (Å²) in [6, 6.07) is -0.937. The minimum Gasteiger partial charge on any atom is -0.394 e. The lowest BCUT2D eigenvalue weighted by molar-refractivity contribution is -0.359. The number of aliphatic hydroxyl groups is 8. The molecule has 0 aromatic rings. The number of rotatable bonds is 51. The first-order valence-electron chi connectivity index (χ1n) is 32.2. The fraction of sp³-hybridized carbons (Fsp3) is 0.803. The van der Waals surface area contributed by atoms with E-state index in [1.165, 1.54) is 148 Å². The summed E-state index contributed by atoms with van der Waals surface area (Å²) < 4.78 is 22.8. The van der Waals surface area contributed by atoms with E-state index in [1.54, 1.807) is 6.08 Å². The summed E-state index contributed by atoms with van der Waals surface area (Å²) in [4.78, 5) is 13.3. The number of hydrogen-bond donors (Lipinski definition) is 9. The third-order valence-electron chi connectivity index (χ3n) is 15.4. The van der Waals surface area contributed by atoms with Crippen LogP contribution in [0.15, 0.2) is 72.9 Å². The quantitative estimate of drug-likeness (QED) is 0.0204. The highest BCUT2D eigenvalue weighted by Gasteiger charge is 2.51. The van der Waals surface area contributed by atoms with Crippen LogP contribution in [0.25, 0.3) is 0 Å². The van der Waals surface area contributed by atoms with Gasteiger partial charge in [-0.3, -0.25) is 4.79 Å². The van der Waals surface area contributed by atoms with Gasteiger partial charge in [-0.05, 0) is 70.6 Å². The van der Waals surface area contributed by atoms with Crippen molar-refractivity contribution in [3.8, 4) is 0 Å². The summed E-state index contributed by atoms with van der Waals surface area (Å²) in [5.74, 6) is -0.252. The summed E-state index contributed by atoms with van der Waals surface area (Å²) in [6.07, 6.45) is 50.8. The molecule has 0 bridgehead atoms. The summed E-state index contributed by atoms with van der Waals surface area (Å²) >= 11 is 0. The Kier molecular flexibility index (Phi) is 46.8. The third-order valence-corrected chi connectivity index (χ3v) is 15.4. The Hall–Kier alpha value is -2.57. The van der Waals surface area contributed by atoms with Crippen LogP contribution in [0, 0.1) is 0 Å². The van der Waals surface area contributed by atoms with Crippen LogP contribution < -0.4 is 5.32 Å². The normalized spacial score (nSPS) is 24.7. The summed E-state index contributed by atoms with van der Waals surface area (Å²) in [5.41, 5.74) is 0. The Labute approximate surface area is 485 Å². The second kappa shape index (κ2) is 50.9. The maximum absolute atomic E-state index is 13.3. The minimum absolute atomic E-state index is 0.252. The van der Waals surface area contributed by atoms with E-state index < -0.39 is 86.8 Å². The summed E-state index contributed by atoms with van der Waals surface area (Å²) in [6.45, 7) is 2.68. The molecule has 0 saturated carbocycles. The first kappa shape index (κ1) is 73.5. The molecule has 0 spiro atoms. The van der Waals surface area contributed by atoms with E-state index in [0.717, 1.165) is 64.2 Å². The number of carbonyl (C=O) groups is 1. The molecule has 2 heterocycles. The van der Waals surface area contributed by atoms with E-state index >= 15 is 0 Å². The average molecular weight is 1130 g/mol. The molecule has 14 heteroatoms. The van der Waals surface area contributed by atoms with Gasteiger partial charge >= 0.3 is 0 Å². The zero-order chi connectivity index (χ0) is 58.1. The van der Waals surface area contributed by atoms with Gasteiger partial charge in [0.25, 0.3) is 0 Å². The van der Waals surface area contributed by atoms with Gasteiger partial charge in [-0.15, -0.1) is 0 Å². The minimum atomic E-state index is -1.79. The number of amides is 1. The second-order valence-corrected chi connectivity index (χ2v) is 22.5. The molecule has 9 N–H and O–H groups in total. The Morgan fingerprint density at radius 1 is 0.463 bits per heavy atom. The van der Waals surface area contributed by atoms with Gasteiger partial charge in [0.1, 0.15) is 48.8 Å². The van der Waals surface area contributed by atoms with E-state index in [-0.39, 0.29) is 18.9 Å². The van der Waals surface area contributed by atoms with Gasteiger partial charge in [0.15, 0.2) is 12.6 Å². The SMILES string of the molecule is CC/C=C\C/C=C\C/C=C\C/C=C\CCCCCCCCCCCCCCC(=O)NC(COC1OC(CO)C(OC2OC(CO)C(O)C(O)C2O)C(O)C1O)C(O)/C=C/CC/C=C/CCCCCCCCCCCCCCCCC. The molecular weight excluding hydrogens is 1010 g/mol. The monoisotopic (exact) mass is 1130 g/mol. The van der Waals surface area contributed by atoms with Crippen LogP contribution >= 0.6 is 0 Å². The van der Waals surface area contributed by atoms with Crippen molar-refractivity contribution in [2.75, 3.05) is 19.8 Å². The lowest BCUT2D eigenvalue weighted by atomic mass is 9.97. The largest absolute Gasteiger partial charge is 0.394 e. The topological polar surface area (TPSA) is 228 Å². The van der Waals surface area contributed by atoms with Gasteiger partial charge in [-0.2, -0.15) is 0 Å². The maximum atomic E-state index is 13.3. The van der Waals surface area contributed by atoms with Crippen LogP contribution in [-0.4, -0.2) is 140 Å². The number of ether oxygens (including phenoxy) is 4. The number of carbonyl (C=O) groups excluding carboxylic acids is 1. The summed E-state index contributed by atoms with van der Waals surface area (Å²) in [7, 11) is 0. The van der Waals surface area contributed by atoms with Gasteiger partial charge in [0.05, 0.1) is 32.0 Å². The molecule has 0 radical (unpaired) electrons. The van der Waals surface area contributed by atoms with E-state index in [0.29, 0.717) is 12.8 Å². The van der Waals surface area contributed by atoms with Crippen LogP contribution in [0.2, 0.25) is 0 Å². The van der Waals surface area contributed by atoms with E-state index in [1.807, 2.05) is 6.08 Å². The molecule has 0 aromatic heterocycles. The predicted molar refractivity (Wildman–Crippen MR) is 323 cm³/mol. The van der Waals surface area contributed by atoms with Gasteiger partial charge in [-0.1, -0.05) is 241 Å². The fourth-order valence-corrected chi connectivity index (χ4v) is 10.2. The van der Waals surface area contributed by atoms with Gasteiger partial charge in [0.2, 0.25) is 5.91 Å². The molecule has 80 heavy (non-hydrogen) atoms. The number of nitrogens with one attached hydrogen (secondary N) is 1. The second-order valence-electron chi connectivity index (χ2n) is 22.5. The lowest BCUT2D eigenvalue weighted by Crippen LogP contribution is -2.65. The molecule has 14 nitrogen and oxygen atoms in total. The Morgan fingerprint density at radius 2 is 0.875 bits per heavy atom. The van der Waals surface area contributed by atoms with Crippen molar-refractivity contribution in [2.45, 2.75) is 319 Å². The number of unbranched alkanes of at least 4 members (excludes halogenated alkanes) is 28. The number of aliphatic hydroxyl groups excluding tert-OH is 8. The molecule has 2 aliphatic heterocycles. The highest BCUT2D eigenvalue weighted by molar-refractivity contribution is 5.76. The zero-order valence-corrected chi connectivity index (χ0v) is 50.1. The maximum Gasteiger partial charge on any atom is 0.220 e. The number of allylic oxidation sites excluding steroid dienone is 11.